The molecule has 172 valence electrons. The minimum atomic E-state index is -0.173. The molecule has 1 amide bonds. The third kappa shape index (κ3) is 5.68. The van der Waals surface area contributed by atoms with E-state index >= 15 is 0 Å². The Bertz CT molecular complexity index is 959. The van der Waals surface area contributed by atoms with E-state index in [4.69, 9.17) is 4.74 Å². The number of nitrogens with zero attached hydrogens (tertiary/aromatic N) is 3. The summed E-state index contributed by atoms with van der Waals surface area (Å²) in [4.78, 5) is 36.9. The van der Waals surface area contributed by atoms with Crippen molar-refractivity contribution in [1.82, 2.24) is 9.97 Å². The molecular formula is C24H33N5O3. The maximum absolute atomic E-state index is 12.6. The summed E-state index contributed by atoms with van der Waals surface area (Å²) >= 11 is 0. The molecule has 2 saturated heterocycles. The fourth-order valence-electron chi connectivity index (χ4n) is 4.36. The molecule has 2 N–H and O–H groups in total. The molecule has 4 rings (SSSR count). The summed E-state index contributed by atoms with van der Waals surface area (Å²) in [6, 6.07) is 8.05. The first-order chi connectivity index (χ1) is 15.6. The Morgan fingerprint density at radius 3 is 2.38 bits per heavy atom. The summed E-state index contributed by atoms with van der Waals surface area (Å²) in [7, 11) is 0. The number of H-pyrrole nitrogens is 1. The van der Waals surface area contributed by atoms with Gasteiger partial charge in [-0.1, -0.05) is 12.8 Å². The average Bonchev–Trinajstić information content (AvgIpc) is 3.09. The van der Waals surface area contributed by atoms with Crippen LogP contribution in [0, 0.1) is 6.92 Å². The SMILES string of the molecule is Cc1nc(N2CCOCC2)[nH]c(=O)c1CCC(=O)Nc1ccc(N2CCCCCC2)cc1. The molecule has 1 aromatic carbocycles. The van der Waals surface area contributed by atoms with E-state index in [0.717, 1.165) is 18.8 Å². The Labute approximate surface area is 189 Å². The molecule has 0 spiro atoms. The summed E-state index contributed by atoms with van der Waals surface area (Å²) in [5.41, 5.74) is 3.05. The summed E-state index contributed by atoms with van der Waals surface area (Å²) in [6.07, 6.45) is 5.67. The number of carbonyl (C=O) groups is 1. The van der Waals surface area contributed by atoms with E-state index in [9.17, 15) is 9.59 Å². The van der Waals surface area contributed by atoms with Crippen LogP contribution in [0.1, 0.15) is 43.4 Å². The molecule has 0 unspecified atom stereocenters. The highest BCUT2D eigenvalue weighted by molar-refractivity contribution is 5.91. The van der Waals surface area contributed by atoms with Crippen molar-refractivity contribution in [3.05, 3.63) is 45.9 Å². The van der Waals surface area contributed by atoms with Gasteiger partial charge in [0.1, 0.15) is 0 Å². The summed E-state index contributed by atoms with van der Waals surface area (Å²) in [6.45, 7) is 6.69. The van der Waals surface area contributed by atoms with Crippen LogP contribution >= 0.6 is 0 Å². The van der Waals surface area contributed by atoms with Gasteiger partial charge < -0.3 is 19.9 Å². The van der Waals surface area contributed by atoms with Gasteiger partial charge >= 0.3 is 0 Å². The first kappa shape index (κ1) is 22.3. The Balaban J connectivity index is 1.32. The van der Waals surface area contributed by atoms with Crippen molar-refractivity contribution in [3.8, 4) is 0 Å². The highest BCUT2D eigenvalue weighted by atomic mass is 16.5. The van der Waals surface area contributed by atoms with Gasteiger partial charge in [0.15, 0.2) is 0 Å². The molecule has 0 atom stereocenters. The van der Waals surface area contributed by atoms with Crippen LogP contribution in [-0.2, 0) is 16.0 Å². The Kier molecular flexibility index (Phi) is 7.42. The minimum Gasteiger partial charge on any atom is -0.378 e. The number of aromatic amines is 1. The number of amides is 1. The molecular weight excluding hydrogens is 406 g/mol. The highest BCUT2D eigenvalue weighted by Crippen LogP contribution is 2.22. The van der Waals surface area contributed by atoms with Gasteiger partial charge in [-0.2, -0.15) is 0 Å². The first-order valence-electron chi connectivity index (χ1n) is 11.7. The van der Waals surface area contributed by atoms with Crippen LogP contribution in [0.5, 0.6) is 0 Å². The van der Waals surface area contributed by atoms with E-state index < -0.39 is 0 Å². The zero-order chi connectivity index (χ0) is 22.3. The second-order valence-electron chi connectivity index (χ2n) is 8.55. The molecule has 2 aliphatic rings. The van der Waals surface area contributed by atoms with E-state index in [0.29, 0.717) is 49.9 Å². The molecule has 0 radical (unpaired) electrons. The van der Waals surface area contributed by atoms with Gasteiger partial charge in [-0.05, 0) is 50.5 Å². The topological polar surface area (TPSA) is 90.6 Å². The minimum absolute atomic E-state index is 0.108. The van der Waals surface area contributed by atoms with E-state index in [1.807, 2.05) is 24.0 Å². The number of aromatic nitrogens is 2. The zero-order valence-corrected chi connectivity index (χ0v) is 18.9. The van der Waals surface area contributed by atoms with Crippen molar-refractivity contribution in [2.75, 3.05) is 54.5 Å². The quantitative estimate of drug-likeness (QED) is 0.719. The molecule has 3 heterocycles. The standard InChI is InChI=1S/C24H33N5O3/c1-18-21(23(31)27-24(25-18)29-14-16-32-17-15-29)10-11-22(30)26-19-6-8-20(9-7-19)28-12-4-2-3-5-13-28/h6-9H,2-5,10-17H2,1H3,(H,26,30)(H,25,27,31). The first-order valence-corrected chi connectivity index (χ1v) is 11.7. The van der Waals surface area contributed by atoms with E-state index in [1.54, 1.807) is 0 Å². The normalized spacial score (nSPS) is 17.2. The van der Waals surface area contributed by atoms with Crippen LogP contribution in [0.15, 0.2) is 29.1 Å². The zero-order valence-electron chi connectivity index (χ0n) is 18.9. The van der Waals surface area contributed by atoms with Crippen molar-refractivity contribution in [2.24, 2.45) is 0 Å². The number of benzene rings is 1. The van der Waals surface area contributed by atoms with Crippen LogP contribution in [-0.4, -0.2) is 55.3 Å². The van der Waals surface area contributed by atoms with Gasteiger partial charge in [0.2, 0.25) is 11.9 Å². The number of carbonyl (C=O) groups excluding carboxylic acids is 1. The highest BCUT2D eigenvalue weighted by Gasteiger charge is 2.17. The molecule has 2 aromatic rings. The number of rotatable bonds is 6. The summed E-state index contributed by atoms with van der Waals surface area (Å²) < 4.78 is 5.35. The number of hydrogen-bond donors (Lipinski definition) is 2. The number of aryl methyl sites for hydroxylation is 1. The Hall–Kier alpha value is -2.87. The molecule has 0 saturated carbocycles. The fraction of sp³-hybridized carbons (Fsp3) is 0.542. The smallest absolute Gasteiger partial charge is 0.255 e. The van der Waals surface area contributed by atoms with Crippen molar-refractivity contribution in [2.45, 2.75) is 45.4 Å². The lowest BCUT2D eigenvalue weighted by atomic mass is 10.1. The van der Waals surface area contributed by atoms with Crippen molar-refractivity contribution < 1.29 is 9.53 Å². The molecule has 8 nitrogen and oxygen atoms in total. The monoisotopic (exact) mass is 439 g/mol. The second kappa shape index (κ2) is 10.6. The van der Waals surface area contributed by atoms with Gasteiger partial charge in [-0.25, -0.2) is 4.98 Å². The lowest BCUT2D eigenvalue weighted by Crippen LogP contribution is -2.38. The lowest BCUT2D eigenvalue weighted by molar-refractivity contribution is -0.116. The predicted octanol–water partition coefficient (Wildman–Crippen LogP) is 2.87. The van der Waals surface area contributed by atoms with Gasteiger partial charge in [-0.3, -0.25) is 14.6 Å². The van der Waals surface area contributed by atoms with Crippen LogP contribution in [0.2, 0.25) is 0 Å². The third-order valence-electron chi connectivity index (χ3n) is 6.24. The van der Waals surface area contributed by atoms with Gasteiger partial charge in [0.05, 0.1) is 13.2 Å². The Morgan fingerprint density at radius 1 is 1.03 bits per heavy atom. The average molecular weight is 440 g/mol. The summed E-state index contributed by atoms with van der Waals surface area (Å²) in [5, 5.41) is 2.94. The number of morpholine rings is 1. The van der Waals surface area contributed by atoms with Crippen molar-refractivity contribution in [1.29, 1.82) is 0 Å². The van der Waals surface area contributed by atoms with E-state index in [-0.39, 0.29) is 17.9 Å². The third-order valence-corrected chi connectivity index (χ3v) is 6.24. The second-order valence-corrected chi connectivity index (χ2v) is 8.55. The van der Waals surface area contributed by atoms with Crippen LogP contribution < -0.4 is 20.7 Å². The molecule has 32 heavy (non-hydrogen) atoms. The largest absolute Gasteiger partial charge is 0.378 e. The number of anilines is 3. The van der Waals surface area contributed by atoms with Gasteiger partial charge in [0, 0.05) is 55.2 Å². The number of hydrogen-bond acceptors (Lipinski definition) is 6. The molecule has 8 heteroatoms. The molecule has 0 aliphatic carbocycles. The predicted molar refractivity (Wildman–Crippen MR) is 127 cm³/mol. The van der Waals surface area contributed by atoms with E-state index in [1.165, 1.54) is 31.4 Å². The summed E-state index contributed by atoms with van der Waals surface area (Å²) in [5.74, 6) is 0.470. The van der Waals surface area contributed by atoms with Crippen LogP contribution in [0.4, 0.5) is 17.3 Å². The molecule has 1 aromatic heterocycles. The maximum atomic E-state index is 12.6. The van der Waals surface area contributed by atoms with Crippen molar-refractivity contribution >= 4 is 23.2 Å². The van der Waals surface area contributed by atoms with E-state index in [2.05, 4.69) is 32.3 Å². The maximum Gasteiger partial charge on any atom is 0.255 e. The van der Waals surface area contributed by atoms with Gasteiger partial charge in [0.25, 0.3) is 5.56 Å². The molecule has 0 bridgehead atoms. The van der Waals surface area contributed by atoms with Crippen LogP contribution in [0.3, 0.4) is 0 Å². The molecule has 2 aliphatic heterocycles. The number of ether oxygens (including phenoxy) is 1. The van der Waals surface area contributed by atoms with Crippen molar-refractivity contribution in [3.63, 3.8) is 0 Å². The van der Waals surface area contributed by atoms with Gasteiger partial charge in [-0.15, -0.1) is 0 Å². The molecule has 2 fully saturated rings. The number of nitrogens with one attached hydrogen (secondary N) is 2. The fourth-order valence-corrected chi connectivity index (χ4v) is 4.36. The lowest BCUT2D eigenvalue weighted by Gasteiger charge is -2.27. The Morgan fingerprint density at radius 2 is 1.72 bits per heavy atom. The van der Waals surface area contributed by atoms with Crippen LogP contribution in [0.25, 0.3) is 0 Å².